The van der Waals surface area contributed by atoms with Crippen molar-refractivity contribution in [3.63, 3.8) is 0 Å². The van der Waals surface area contributed by atoms with Gasteiger partial charge in [-0.1, -0.05) is 17.7 Å². The van der Waals surface area contributed by atoms with Gasteiger partial charge in [0.05, 0.1) is 11.6 Å². The van der Waals surface area contributed by atoms with E-state index in [9.17, 15) is 24.2 Å². The van der Waals surface area contributed by atoms with Crippen molar-refractivity contribution >= 4 is 29.4 Å². The molecular weight excluding hydrogens is 505 g/mol. The Bertz CT molecular complexity index is 1220. The summed E-state index contributed by atoms with van der Waals surface area (Å²) < 4.78 is 21.0. The molecule has 4 heterocycles. The van der Waals surface area contributed by atoms with Gasteiger partial charge in [-0.3, -0.25) is 4.79 Å². The molecule has 10 nitrogen and oxygen atoms in total. The first-order valence-electron chi connectivity index (χ1n) is 12.2. The first-order chi connectivity index (χ1) is 17.7. The lowest BCUT2D eigenvalue weighted by Gasteiger charge is -2.39. The Balaban J connectivity index is 1.63. The van der Waals surface area contributed by atoms with Gasteiger partial charge in [0.25, 0.3) is 5.91 Å². The summed E-state index contributed by atoms with van der Waals surface area (Å²) in [6, 6.07) is 3.78. The normalized spacial score (nSPS) is 20.4. The van der Waals surface area contributed by atoms with Crippen LogP contribution in [-0.2, 0) is 0 Å². The predicted molar refractivity (Wildman–Crippen MR) is 135 cm³/mol. The number of hydrogen-bond donors (Lipinski definition) is 2. The van der Waals surface area contributed by atoms with Crippen molar-refractivity contribution in [3.05, 3.63) is 34.6 Å². The number of hydrogen-bond acceptors (Lipinski definition) is 7. The molecule has 1 aromatic heterocycles. The van der Waals surface area contributed by atoms with Gasteiger partial charge in [-0.2, -0.15) is 0 Å². The highest BCUT2D eigenvalue weighted by molar-refractivity contribution is 6.35. The molecule has 3 aliphatic heterocycles. The number of benzene rings is 1. The van der Waals surface area contributed by atoms with Crippen LogP contribution in [0, 0.1) is 5.82 Å². The summed E-state index contributed by atoms with van der Waals surface area (Å²) >= 11 is 6.73. The zero-order valence-corrected chi connectivity index (χ0v) is 21.4. The highest BCUT2D eigenvalue weighted by atomic mass is 35.5. The van der Waals surface area contributed by atoms with E-state index in [1.807, 2.05) is 19.0 Å². The van der Waals surface area contributed by atoms with Crippen LogP contribution in [0.25, 0.3) is 11.3 Å². The Morgan fingerprint density at radius 1 is 1.19 bits per heavy atom. The number of carboxylic acid groups (broad SMARTS) is 1. The molecule has 198 valence electrons. The summed E-state index contributed by atoms with van der Waals surface area (Å²) in [5.74, 6) is -1.01. The summed E-state index contributed by atoms with van der Waals surface area (Å²) in [6.45, 7) is 1.71. The fourth-order valence-corrected chi connectivity index (χ4v) is 5.64. The quantitative estimate of drug-likeness (QED) is 0.620. The lowest BCUT2D eigenvalue weighted by molar-refractivity contribution is 0.0390. The molecule has 2 saturated heterocycles. The number of fused-ring (bicyclic) bond motifs is 2. The molecule has 1 atom stereocenters. The SMILES string of the molecule is CN(C)C1CCN(c2nc(-c3c(O)cccc3F)c(Cl)c3c2C(=O)N2CCN(C(=O)O)C[C@@H]2CO3)CC1. The minimum Gasteiger partial charge on any atom is -0.507 e. The van der Waals surface area contributed by atoms with Crippen molar-refractivity contribution in [2.45, 2.75) is 24.9 Å². The van der Waals surface area contributed by atoms with Crippen LogP contribution in [0.3, 0.4) is 0 Å². The van der Waals surface area contributed by atoms with E-state index in [1.54, 1.807) is 4.90 Å². The monoisotopic (exact) mass is 533 g/mol. The van der Waals surface area contributed by atoms with Gasteiger partial charge in [0.15, 0.2) is 5.75 Å². The molecule has 0 bridgehead atoms. The molecule has 3 aliphatic rings. The second-order valence-electron chi connectivity index (χ2n) is 9.81. The van der Waals surface area contributed by atoms with Crippen LogP contribution in [0.5, 0.6) is 11.5 Å². The number of carbonyl (C=O) groups excluding carboxylic acids is 1. The number of rotatable bonds is 3. The first kappa shape index (κ1) is 25.3. The second-order valence-corrected chi connectivity index (χ2v) is 10.2. The van der Waals surface area contributed by atoms with Crippen molar-refractivity contribution in [2.24, 2.45) is 0 Å². The number of aromatic hydroxyl groups is 1. The number of phenols is 1. The van der Waals surface area contributed by atoms with Gasteiger partial charge < -0.3 is 34.5 Å². The summed E-state index contributed by atoms with van der Waals surface area (Å²) in [5.41, 5.74) is -0.00506. The van der Waals surface area contributed by atoms with Crippen LogP contribution >= 0.6 is 11.6 Å². The zero-order chi connectivity index (χ0) is 26.4. The van der Waals surface area contributed by atoms with Gasteiger partial charge in [-0.25, -0.2) is 14.2 Å². The summed E-state index contributed by atoms with van der Waals surface area (Å²) in [5, 5.41) is 19.9. The molecule has 0 radical (unpaired) electrons. The zero-order valence-electron chi connectivity index (χ0n) is 20.7. The van der Waals surface area contributed by atoms with E-state index in [1.165, 1.54) is 23.1 Å². The second kappa shape index (κ2) is 9.86. The summed E-state index contributed by atoms with van der Waals surface area (Å²) in [4.78, 5) is 37.2. The van der Waals surface area contributed by atoms with E-state index >= 15 is 0 Å². The smallest absolute Gasteiger partial charge is 0.407 e. The number of anilines is 1. The lowest BCUT2D eigenvalue weighted by Crippen LogP contribution is -2.57. The van der Waals surface area contributed by atoms with Crippen molar-refractivity contribution < 1.29 is 28.9 Å². The van der Waals surface area contributed by atoms with E-state index in [4.69, 9.17) is 21.3 Å². The first-order valence-corrected chi connectivity index (χ1v) is 12.6. The molecule has 0 unspecified atom stereocenters. The molecule has 2 N–H and O–H groups in total. The van der Waals surface area contributed by atoms with Gasteiger partial charge in [-0.05, 0) is 39.1 Å². The number of aromatic nitrogens is 1. The van der Waals surface area contributed by atoms with E-state index in [-0.39, 0.29) is 65.5 Å². The topological polar surface area (TPSA) is 110 Å². The van der Waals surface area contributed by atoms with E-state index < -0.39 is 18.0 Å². The molecule has 1 aromatic carbocycles. The Kier molecular flexibility index (Phi) is 6.76. The average Bonchev–Trinajstić information content (AvgIpc) is 3.02. The minimum atomic E-state index is -1.06. The highest BCUT2D eigenvalue weighted by Gasteiger charge is 2.41. The number of carbonyl (C=O) groups is 2. The largest absolute Gasteiger partial charge is 0.507 e. The van der Waals surface area contributed by atoms with E-state index in [0.29, 0.717) is 24.9 Å². The molecule has 5 rings (SSSR count). The third kappa shape index (κ3) is 4.50. The van der Waals surface area contributed by atoms with E-state index in [2.05, 4.69) is 4.90 Å². The number of ether oxygens (including phenoxy) is 1. The molecule has 0 aliphatic carbocycles. The standard InChI is InChI=1S/C25H29ClFN5O5/c1-29(2)14-6-8-30(9-7-14)23-19-22(20(26)21(28-23)18-16(27)4-3-5-17(18)33)37-13-15-12-31(25(35)36)10-11-32(15)24(19)34/h3-5,14-15,33H,6-13H2,1-2H3,(H,35,36)/t15-/m1/s1. The maximum Gasteiger partial charge on any atom is 0.407 e. The fraction of sp³-hybridized carbons (Fsp3) is 0.480. The van der Waals surface area contributed by atoms with Crippen molar-refractivity contribution in [1.29, 1.82) is 0 Å². The number of halogens is 2. The average molecular weight is 534 g/mol. The Morgan fingerprint density at radius 3 is 2.57 bits per heavy atom. The van der Waals surface area contributed by atoms with Crippen molar-refractivity contribution in [3.8, 4) is 22.8 Å². The molecule has 0 spiro atoms. The third-order valence-corrected chi connectivity index (χ3v) is 7.80. The van der Waals surface area contributed by atoms with Crippen molar-refractivity contribution in [2.75, 3.05) is 58.3 Å². The molecule has 2 amide bonds. The Morgan fingerprint density at radius 2 is 1.92 bits per heavy atom. The fourth-order valence-electron chi connectivity index (χ4n) is 5.36. The molecular formula is C25H29ClFN5O5. The van der Waals surface area contributed by atoms with Crippen LogP contribution in [0.15, 0.2) is 18.2 Å². The van der Waals surface area contributed by atoms with E-state index in [0.717, 1.165) is 12.8 Å². The number of piperidine rings is 1. The number of phenolic OH excluding ortho intramolecular Hbond substituents is 1. The summed E-state index contributed by atoms with van der Waals surface area (Å²) in [6.07, 6.45) is 0.609. The predicted octanol–water partition coefficient (Wildman–Crippen LogP) is 2.97. The maximum atomic E-state index is 14.9. The molecule has 37 heavy (non-hydrogen) atoms. The van der Waals surface area contributed by atoms with Gasteiger partial charge in [0.1, 0.15) is 40.3 Å². The Labute approximate surface area is 218 Å². The number of amides is 2. The molecule has 2 aromatic rings. The third-order valence-electron chi connectivity index (χ3n) is 7.45. The summed E-state index contributed by atoms with van der Waals surface area (Å²) in [7, 11) is 4.06. The number of nitrogens with zero attached hydrogens (tertiary/aromatic N) is 5. The van der Waals surface area contributed by atoms with Gasteiger partial charge >= 0.3 is 6.09 Å². The molecule has 2 fully saturated rings. The molecule has 12 heteroatoms. The van der Waals surface area contributed by atoms with Gasteiger partial charge in [0.2, 0.25) is 0 Å². The minimum absolute atomic E-state index is 0.0110. The Hall–Kier alpha value is -3.31. The van der Waals surface area contributed by atoms with Gasteiger partial charge in [-0.15, -0.1) is 0 Å². The van der Waals surface area contributed by atoms with Crippen LogP contribution in [0.2, 0.25) is 5.02 Å². The van der Waals surface area contributed by atoms with Crippen LogP contribution in [-0.4, -0.2) is 107 Å². The van der Waals surface area contributed by atoms with Crippen LogP contribution in [0.4, 0.5) is 15.0 Å². The van der Waals surface area contributed by atoms with Crippen LogP contribution in [0.1, 0.15) is 23.2 Å². The van der Waals surface area contributed by atoms with Crippen LogP contribution < -0.4 is 9.64 Å². The maximum absolute atomic E-state index is 14.9. The van der Waals surface area contributed by atoms with Gasteiger partial charge in [0, 0.05) is 38.8 Å². The lowest BCUT2D eigenvalue weighted by atomic mass is 10.0. The number of pyridine rings is 1. The van der Waals surface area contributed by atoms with Crippen molar-refractivity contribution in [1.82, 2.24) is 19.7 Å². The number of piperazine rings is 1. The molecule has 0 saturated carbocycles. The highest BCUT2D eigenvalue weighted by Crippen LogP contribution is 2.46.